The SMILES string of the molecule is CC[C@H]1CN(c2ncc(NS(C)(=O)=O)cc2Cl)CCN1C1CCN(C(CO)c2ccc(Cl)cc2)CC1. The molecular weight excluding hydrogens is 521 g/mol. The van der Waals surface area contributed by atoms with Gasteiger partial charge >= 0.3 is 0 Å². The fraction of sp³-hybridized carbons (Fsp3) is 0.560. The van der Waals surface area contributed by atoms with Crippen molar-refractivity contribution in [3.05, 3.63) is 52.1 Å². The number of piperazine rings is 1. The number of nitrogens with zero attached hydrogens (tertiary/aromatic N) is 4. The van der Waals surface area contributed by atoms with Crippen LogP contribution in [0.15, 0.2) is 36.5 Å². The number of hydrogen-bond acceptors (Lipinski definition) is 7. The second kappa shape index (κ2) is 11.8. The summed E-state index contributed by atoms with van der Waals surface area (Å²) in [6.45, 7) is 6.75. The van der Waals surface area contributed by atoms with Crippen molar-refractivity contribution in [2.75, 3.05) is 55.2 Å². The molecule has 4 rings (SSSR count). The van der Waals surface area contributed by atoms with Gasteiger partial charge < -0.3 is 10.0 Å². The molecule has 2 saturated heterocycles. The number of benzene rings is 1. The summed E-state index contributed by atoms with van der Waals surface area (Å²) in [5, 5.41) is 11.2. The number of anilines is 2. The van der Waals surface area contributed by atoms with Crippen molar-refractivity contribution in [2.45, 2.75) is 44.3 Å². The number of aromatic nitrogens is 1. The molecule has 0 bridgehead atoms. The van der Waals surface area contributed by atoms with E-state index in [0.29, 0.717) is 33.6 Å². The van der Waals surface area contributed by atoms with E-state index in [1.54, 1.807) is 6.07 Å². The van der Waals surface area contributed by atoms with Gasteiger partial charge in [0.2, 0.25) is 10.0 Å². The summed E-state index contributed by atoms with van der Waals surface area (Å²) < 4.78 is 25.4. The Kier molecular flexibility index (Phi) is 9.01. The van der Waals surface area contributed by atoms with Gasteiger partial charge in [-0.05, 0) is 43.0 Å². The molecule has 8 nitrogen and oxygen atoms in total. The maximum atomic E-state index is 11.5. The van der Waals surface area contributed by atoms with Gasteiger partial charge in [0.05, 0.1) is 35.8 Å². The summed E-state index contributed by atoms with van der Waals surface area (Å²) in [7, 11) is -3.38. The predicted molar refractivity (Wildman–Crippen MR) is 147 cm³/mol. The first kappa shape index (κ1) is 27.4. The highest BCUT2D eigenvalue weighted by molar-refractivity contribution is 7.92. The molecule has 11 heteroatoms. The van der Waals surface area contributed by atoms with Crippen LogP contribution in [-0.2, 0) is 10.0 Å². The van der Waals surface area contributed by atoms with E-state index in [1.165, 1.54) is 6.20 Å². The van der Waals surface area contributed by atoms with E-state index in [1.807, 2.05) is 24.3 Å². The standard InChI is InChI=1S/C25H35Cl2N5O3S/c1-3-21-16-31(25-23(27)14-20(15-28-25)29-36(2,34)35)12-13-32(21)22-8-10-30(11-9-22)24(17-33)18-4-6-19(26)7-5-18/h4-7,14-15,21-22,24,29,33H,3,8-13,16-17H2,1-2H3/t21-,24?/m0/s1. The number of piperidine rings is 1. The maximum Gasteiger partial charge on any atom is 0.229 e. The van der Waals surface area contributed by atoms with E-state index in [9.17, 15) is 13.5 Å². The van der Waals surface area contributed by atoms with Crippen LogP contribution in [0.3, 0.4) is 0 Å². The molecule has 0 amide bonds. The van der Waals surface area contributed by atoms with E-state index in [4.69, 9.17) is 23.2 Å². The molecular formula is C25H35Cl2N5O3S. The monoisotopic (exact) mass is 555 g/mol. The average molecular weight is 557 g/mol. The fourth-order valence-electron chi connectivity index (χ4n) is 5.49. The second-order valence-electron chi connectivity index (χ2n) is 9.67. The van der Waals surface area contributed by atoms with Gasteiger partial charge in [-0.3, -0.25) is 14.5 Å². The molecule has 2 N–H and O–H groups in total. The topological polar surface area (TPSA) is 89.0 Å². The van der Waals surface area contributed by atoms with E-state index < -0.39 is 10.0 Å². The Bertz CT molecular complexity index is 1130. The minimum atomic E-state index is -3.38. The molecule has 3 heterocycles. The summed E-state index contributed by atoms with van der Waals surface area (Å²) in [6.07, 6.45) is 5.76. The molecule has 0 spiro atoms. The van der Waals surface area contributed by atoms with Crippen LogP contribution in [0.1, 0.15) is 37.8 Å². The van der Waals surface area contributed by atoms with Crippen LogP contribution >= 0.6 is 23.2 Å². The number of sulfonamides is 1. The summed E-state index contributed by atoms with van der Waals surface area (Å²) in [5.74, 6) is 0.692. The van der Waals surface area contributed by atoms with Crippen molar-refractivity contribution in [1.82, 2.24) is 14.8 Å². The Morgan fingerprint density at radius 3 is 2.42 bits per heavy atom. The van der Waals surface area contributed by atoms with E-state index in [2.05, 4.69) is 31.3 Å². The number of aliphatic hydroxyl groups excluding tert-OH is 1. The van der Waals surface area contributed by atoms with Crippen LogP contribution in [0, 0.1) is 0 Å². The minimum absolute atomic E-state index is 0.00425. The number of likely N-dealkylation sites (tertiary alicyclic amines) is 1. The molecule has 1 aromatic heterocycles. The van der Waals surface area contributed by atoms with Gasteiger partial charge in [0.1, 0.15) is 5.82 Å². The van der Waals surface area contributed by atoms with Crippen LogP contribution in [0.25, 0.3) is 0 Å². The summed E-state index contributed by atoms with van der Waals surface area (Å²) >= 11 is 12.5. The van der Waals surface area contributed by atoms with E-state index >= 15 is 0 Å². The highest BCUT2D eigenvalue weighted by atomic mass is 35.5. The number of nitrogens with one attached hydrogen (secondary N) is 1. The number of rotatable bonds is 8. The molecule has 36 heavy (non-hydrogen) atoms. The Morgan fingerprint density at radius 2 is 1.83 bits per heavy atom. The zero-order chi connectivity index (χ0) is 25.9. The molecule has 2 aliphatic rings. The van der Waals surface area contributed by atoms with Crippen molar-refractivity contribution in [3.63, 3.8) is 0 Å². The van der Waals surface area contributed by atoms with Crippen molar-refractivity contribution < 1.29 is 13.5 Å². The van der Waals surface area contributed by atoms with Crippen molar-refractivity contribution in [2.24, 2.45) is 0 Å². The Balaban J connectivity index is 1.37. The average Bonchev–Trinajstić information content (AvgIpc) is 2.85. The van der Waals surface area contributed by atoms with Crippen LogP contribution in [0.2, 0.25) is 10.0 Å². The highest BCUT2D eigenvalue weighted by Crippen LogP contribution is 2.32. The third-order valence-corrected chi connectivity index (χ3v) is 8.40. The van der Waals surface area contributed by atoms with Gasteiger partial charge in [-0.1, -0.05) is 42.3 Å². The fourth-order valence-corrected chi connectivity index (χ4v) is 6.44. The predicted octanol–water partition coefficient (Wildman–Crippen LogP) is 3.86. The molecule has 2 aromatic rings. The van der Waals surface area contributed by atoms with Gasteiger partial charge in [-0.2, -0.15) is 0 Å². The molecule has 1 unspecified atom stereocenters. The van der Waals surface area contributed by atoms with Crippen LogP contribution in [-0.4, -0.2) is 86.0 Å². The lowest BCUT2D eigenvalue weighted by Gasteiger charge is -2.48. The third-order valence-electron chi connectivity index (χ3n) is 7.26. The molecule has 198 valence electrons. The minimum Gasteiger partial charge on any atom is -0.394 e. The molecule has 2 fully saturated rings. The van der Waals surface area contributed by atoms with Crippen LogP contribution < -0.4 is 9.62 Å². The number of aliphatic hydroxyl groups is 1. The normalized spacial score (nSPS) is 21.5. The van der Waals surface area contributed by atoms with Crippen molar-refractivity contribution in [1.29, 1.82) is 0 Å². The van der Waals surface area contributed by atoms with Gasteiger partial charge in [0, 0.05) is 49.8 Å². The largest absolute Gasteiger partial charge is 0.394 e. The van der Waals surface area contributed by atoms with Gasteiger partial charge in [0.15, 0.2) is 0 Å². The van der Waals surface area contributed by atoms with Crippen molar-refractivity contribution in [3.8, 4) is 0 Å². The van der Waals surface area contributed by atoms with Crippen molar-refractivity contribution >= 4 is 44.7 Å². The lowest BCUT2D eigenvalue weighted by molar-refractivity contribution is 0.0356. The first-order valence-electron chi connectivity index (χ1n) is 12.4. The number of pyridine rings is 1. The Hall–Kier alpha value is -1.62. The number of halogens is 2. The van der Waals surface area contributed by atoms with Gasteiger partial charge in [-0.25, -0.2) is 13.4 Å². The smallest absolute Gasteiger partial charge is 0.229 e. The number of hydrogen-bond donors (Lipinski definition) is 2. The zero-order valence-electron chi connectivity index (χ0n) is 20.8. The summed E-state index contributed by atoms with van der Waals surface area (Å²) in [6, 6.07) is 10.3. The molecule has 0 radical (unpaired) electrons. The maximum absolute atomic E-state index is 11.5. The zero-order valence-corrected chi connectivity index (χ0v) is 23.1. The summed E-state index contributed by atoms with van der Waals surface area (Å²) in [4.78, 5) is 11.7. The molecule has 0 aliphatic carbocycles. The van der Waals surface area contributed by atoms with E-state index in [0.717, 1.165) is 63.8 Å². The first-order valence-corrected chi connectivity index (χ1v) is 15.1. The third kappa shape index (κ3) is 6.62. The Morgan fingerprint density at radius 1 is 1.14 bits per heavy atom. The quantitative estimate of drug-likeness (QED) is 0.511. The second-order valence-corrected chi connectivity index (χ2v) is 12.3. The lowest BCUT2D eigenvalue weighted by Crippen LogP contribution is -2.58. The molecule has 0 saturated carbocycles. The van der Waals surface area contributed by atoms with Crippen LogP contribution in [0.4, 0.5) is 11.5 Å². The molecule has 2 aliphatic heterocycles. The van der Waals surface area contributed by atoms with Gasteiger partial charge in [-0.15, -0.1) is 0 Å². The van der Waals surface area contributed by atoms with Gasteiger partial charge in [0.25, 0.3) is 0 Å². The van der Waals surface area contributed by atoms with Crippen LogP contribution in [0.5, 0.6) is 0 Å². The highest BCUT2D eigenvalue weighted by Gasteiger charge is 2.35. The lowest BCUT2D eigenvalue weighted by atomic mass is 9.96. The van der Waals surface area contributed by atoms with E-state index in [-0.39, 0.29) is 12.6 Å². The molecule has 2 atom stereocenters. The molecule has 1 aromatic carbocycles. The summed E-state index contributed by atoms with van der Waals surface area (Å²) in [5.41, 5.74) is 1.46. The Labute approximate surface area is 224 Å². The first-order chi connectivity index (χ1) is 17.2.